The molecular weight excluding hydrogens is 324 g/mol. The van der Waals surface area contributed by atoms with Gasteiger partial charge in [-0.05, 0) is 0 Å². The number of likely N-dealkylation sites (tertiary alicyclic amines) is 1. The van der Waals surface area contributed by atoms with Gasteiger partial charge < -0.3 is 18.9 Å². The van der Waals surface area contributed by atoms with Crippen LogP contribution in [0, 0.1) is 0 Å². The Morgan fingerprint density at radius 1 is 1.40 bits per heavy atom. The van der Waals surface area contributed by atoms with Crippen molar-refractivity contribution in [3.05, 3.63) is 36.1 Å². The first-order chi connectivity index (χ1) is 12.2. The number of nitrogens with zero attached hydrogens (tertiary/aromatic N) is 4. The maximum absolute atomic E-state index is 12.6. The Labute approximate surface area is 145 Å². The van der Waals surface area contributed by atoms with Gasteiger partial charge in [0.1, 0.15) is 23.0 Å². The number of hydrogen-bond donors (Lipinski definition) is 0. The van der Waals surface area contributed by atoms with Crippen molar-refractivity contribution >= 4 is 5.91 Å². The zero-order valence-electron chi connectivity index (χ0n) is 14.1. The SMILES string of the molecule is CCc1oncc1C(=O)N1CC2(C[C@@H](Oc3cnccn3)CCO2)C1. The normalized spacial score (nSPS) is 21.8. The third kappa shape index (κ3) is 3.09. The summed E-state index contributed by atoms with van der Waals surface area (Å²) < 4.78 is 17.0. The molecule has 1 amide bonds. The number of carbonyl (C=O) groups is 1. The fourth-order valence-corrected chi connectivity index (χ4v) is 3.48. The summed E-state index contributed by atoms with van der Waals surface area (Å²) in [5.41, 5.74) is 0.213. The second-order valence-electron chi connectivity index (χ2n) is 6.49. The van der Waals surface area contributed by atoms with Gasteiger partial charge in [0, 0.05) is 31.7 Å². The molecule has 2 fully saturated rings. The van der Waals surface area contributed by atoms with E-state index < -0.39 is 0 Å². The molecule has 4 rings (SSSR count). The van der Waals surface area contributed by atoms with Gasteiger partial charge in [-0.25, -0.2) is 4.98 Å². The van der Waals surface area contributed by atoms with E-state index in [9.17, 15) is 4.79 Å². The Hall–Kier alpha value is -2.48. The maximum atomic E-state index is 12.6. The topological polar surface area (TPSA) is 90.6 Å². The summed E-state index contributed by atoms with van der Waals surface area (Å²) in [7, 11) is 0. The van der Waals surface area contributed by atoms with E-state index in [0.29, 0.717) is 43.3 Å². The van der Waals surface area contributed by atoms with E-state index in [1.807, 2.05) is 6.92 Å². The lowest BCUT2D eigenvalue weighted by molar-refractivity contribution is -0.174. The third-order valence-corrected chi connectivity index (χ3v) is 4.72. The Bertz CT molecular complexity index is 742. The van der Waals surface area contributed by atoms with Gasteiger partial charge in [-0.3, -0.25) is 9.78 Å². The minimum Gasteiger partial charge on any atom is -0.473 e. The summed E-state index contributed by atoms with van der Waals surface area (Å²) >= 11 is 0. The van der Waals surface area contributed by atoms with E-state index in [4.69, 9.17) is 14.0 Å². The average molecular weight is 344 g/mol. The standard InChI is InChI=1S/C17H20N4O4/c1-2-14-13(8-20-25-14)16(22)21-10-17(11-21)7-12(3-6-23-17)24-15-9-18-4-5-19-15/h4-5,8-9,12H,2-3,6-7,10-11H2,1H3/t12-/m0/s1. The van der Waals surface area contributed by atoms with Crippen LogP contribution in [-0.4, -0.2) is 57.3 Å². The van der Waals surface area contributed by atoms with E-state index in [2.05, 4.69) is 15.1 Å². The lowest BCUT2D eigenvalue weighted by Crippen LogP contribution is -2.67. The van der Waals surface area contributed by atoms with Crippen LogP contribution in [0.15, 0.2) is 29.3 Å². The molecule has 2 aliphatic heterocycles. The lowest BCUT2D eigenvalue weighted by atomic mass is 9.84. The number of amides is 1. The molecule has 0 N–H and O–H groups in total. The van der Waals surface area contributed by atoms with Gasteiger partial charge in [-0.15, -0.1) is 0 Å². The summed E-state index contributed by atoms with van der Waals surface area (Å²) in [6.07, 6.45) is 8.52. The van der Waals surface area contributed by atoms with Gasteiger partial charge in [0.2, 0.25) is 5.88 Å². The second kappa shape index (κ2) is 6.44. The number of hydrogen-bond acceptors (Lipinski definition) is 7. The Balaban J connectivity index is 1.37. The minimum atomic E-state index is -0.329. The van der Waals surface area contributed by atoms with Crippen molar-refractivity contribution in [2.45, 2.75) is 37.9 Å². The Kier molecular flexibility index (Phi) is 4.12. The fraction of sp³-hybridized carbons (Fsp3) is 0.529. The highest BCUT2D eigenvalue weighted by Gasteiger charge is 2.50. The molecule has 0 radical (unpaired) electrons. The molecule has 2 aromatic heterocycles. The van der Waals surface area contributed by atoms with Crippen LogP contribution in [0.25, 0.3) is 0 Å². The van der Waals surface area contributed by atoms with E-state index >= 15 is 0 Å². The summed E-state index contributed by atoms with van der Waals surface area (Å²) in [5, 5.41) is 3.73. The molecule has 0 aliphatic carbocycles. The monoisotopic (exact) mass is 344 g/mol. The average Bonchev–Trinajstić information content (AvgIpc) is 3.09. The van der Waals surface area contributed by atoms with Crippen molar-refractivity contribution in [1.82, 2.24) is 20.0 Å². The van der Waals surface area contributed by atoms with Gasteiger partial charge in [0.25, 0.3) is 5.91 Å². The Morgan fingerprint density at radius 2 is 2.28 bits per heavy atom. The molecule has 2 aliphatic rings. The van der Waals surface area contributed by atoms with Crippen LogP contribution < -0.4 is 4.74 Å². The first kappa shape index (κ1) is 16.0. The zero-order valence-corrected chi connectivity index (χ0v) is 14.1. The fourth-order valence-electron chi connectivity index (χ4n) is 3.48. The molecule has 0 bridgehead atoms. The summed E-state index contributed by atoms with van der Waals surface area (Å²) in [5.74, 6) is 1.09. The third-order valence-electron chi connectivity index (χ3n) is 4.72. The molecule has 0 aromatic carbocycles. The molecule has 0 saturated carbocycles. The van der Waals surface area contributed by atoms with Crippen molar-refractivity contribution in [2.75, 3.05) is 19.7 Å². The first-order valence-corrected chi connectivity index (χ1v) is 8.48. The van der Waals surface area contributed by atoms with Gasteiger partial charge in [0.05, 0.1) is 32.1 Å². The van der Waals surface area contributed by atoms with Gasteiger partial charge in [-0.2, -0.15) is 0 Å². The van der Waals surface area contributed by atoms with Crippen LogP contribution in [0.3, 0.4) is 0 Å². The van der Waals surface area contributed by atoms with Crippen molar-refractivity contribution in [3.63, 3.8) is 0 Å². The molecule has 1 spiro atoms. The van der Waals surface area contributed by atoms with Crippen LogP contribution in [0.1, 0.15) is 35.9 Å². The van der Waals surface area contributed by atoms with Crippen LogP contribution in [0.5, 0.6) is 5.88 Å². The van der Waals surface area contributed by atoms with Crippen molar-refractivity contribution < 1.29 is 18.8 Å². The number of aromatic nitrogens is 3. The van der Waals surface area contributed by atoms with Crippen LogP contribution in [0.4, 0.5) is 0 Å². The smallest absolute Gasteiger partial charge is 0.259 e. The van der Waals surface area contributed by atoms with Crippen LogP contribution in [-0.2, 0) is 11.2 Å². The van der Waals surface area contributed by atoms with Crippen molar-refractivity contribution in [2.24, 2.45) is 0 Å². The molecule has 2 aromatic rings. The Morgan fingerprint density at radius 3 is 3.04 bits per heavy atom. The molecule has 1 atom stereocenters. The number of aryl methyl sites for hydroxylation is 1. The van der Waals surface area contributed by atoms with E-state index in [1.54, 1.807) is 23.5 Å². The van der Waals surface area contributed by atoms with E-state index in [-0.39, 0.29) is 17.6 Å². The second-order valence-corrected chi connectivity index (χ2v) is 6.49. The predicted molar refractivity (Wildman–Crippen MR) is 86.1 cm³/mol. The summed E-state index contributed by atoms with van der Waals surface area (Å²) in [6, 6.07) is 0. The molecule has 132 valence electrons. The highest BCUT2D eigenvalue weighted by Crippen LogP contribution is 2.36. The maximum Gasteiger partial charge on any atom is 0.259 e. The quantitative estimate of drug-likeness (QED) is 0.829. The van der Waals surface area contributed by atoms with Gasteiger partial charge in [-0.1, -0.05) is 12.1 Å². The van der Waals surface area contributed by atoms with Crippen LogP contribution >= 0.6 is 0 Å². The molecule has 8 heteroatoms. The predicted octanol–water partition coefficient (Wildman–Crippen LogP) is 1.48. The highest BCUT2D eigenvalue weighted by atomic mass is 16.5. The van der Waals surface area contributed by atoms with Gasteiger partial charge in [0.15, 0.2) is 0 Å². The molecular formula is C17H20N4O4. The molecule has 25 heavy (non-hydrogen) atoms. The zero-order chi connectivity index (χ0) is 17.3. The highest BCUT2D eigenvalue weighted by molar-refractivity contribution is 5.95. The van der Waals surface area contributed by atoms with Crippen molar-refractivity contribution in [3.8, 4) is 5.88 Å². The van der Waals surface area contributed by atoms with E-state index in [1.165, 1.54) is 6.20 Å². The summed E-state index contributed by atoms with van der Waals surface area (Å²) in [6.45, 7) is 3.66. The molecule has 8 nitrogen and oxygen atoms in total. The number of ether oxygens (including phenoxy) is 2. The number of rotatable bonds is 4. The largest absolute Gasteiger partial charge is 0.473 e. The minimum absolute atomic E-state index is 0.0181. The first-order valence-electron chi connectivity index (χ1n) is 8.48. The molecule has 0 unspecified atom stereocenters. The van der Waals surface area contributed by atoms with Gasteiger partial charge >= 0.3 is 0 Å². The lowest BCUT2D eigenvalue weighted by Gasteiger charge is -2.52. The summed E-state index contributed by atoms with van der Waals surface area (Å²) in [4.78, 5) is 22.5. The van der Waals surface area contributed by atoms with Crippen molar-refractivity contribution in [1.29, 1.82) is 0 Å². The van der Waals surface area contributed by atoms with E-state index in [0.717, 1.165) is 12.8 Å². The van der Waals surface area contributed by atoms with Crippen LogP contribution in [0.2, 0.25) is 0 Å². The molecule has 2 saturated heterocycles. The molecule has 4 heterocycles. The number of carbonyl (C=O) groups excluding carboxylic acids is 1.